The van der Waals surface area contributed by atoms with Crippen LogP contribution in [0.1, 0.15) is 97.1 Å². The first-order chi connectivity index (χ1) is 11.2. The van der Waals surface area contributed by atoms with Crippen LogP contribution in [0.2, 0.25) is 0 Å². The highest BCUT2D eigenvalue weighted by molar-refractivity contribution is 6.21. The number of fused-ring (bicyclic) bond motifs is 1. The van der Waals surface area contributed by atoms with Crippen molar-refractivity contribution in [2.75, 3.05) is 0 Å². The monoisotopic (exact) mass is 315 g/mol. The van der Waals surface area contributed by atoms with Gasteiger partial charge in [-0.2, -0.15) is 0 Å². The summed E-state index contributed by atoms with van der Waals surface area (Å²) in [6.07, 6.45) is 11.8. The van der Waals surface area contributed by atoms with Gasteiger partial charge in [-0.25, -0.2) is 0 Å². The fraction of sp³-hybridized carbons (Fsp3) is 0.600. The van der Waals surface area contributed by atoms with Crippen LogP contribution in [0.15, 0.2) is 12.1 Å². The first kappa shape index (κ1) is 17.7. The second-order valence-electron chi connectivity index (χ2n) is 6.57. The summed E-state index contributed by atoms with van der Waals surface area (Å²) in [5.74, 6) is -0.477. The van der Waals surface area contributed by atoms with Gasteiger partial charge in [0.1, 0.15) is 0 Å². The molecule has 126 valence electrons. The number of amides is 2. The quantitative estimate of drug-likeness (QED) is 0.497. The number of rotatable bonds is 10. The summed E-state index contributed by atoms with van der Waals surface area (Å²) >= 11 is 0. The number of carbonyl (C=O) groups is 2. The summed E-state index contributed by atoms with van der Waals surface area (Å²) < 4.78 is 0. The van der Waals surface area contributed by atoms with Crippen LogP contribution in [0.25, 0.3) is 0 Å². The zero-order valence-electron chi connectivity index (χ0n) is 14.5. The van der Waals surface area contributed by atoms with Gasteiger partial charge in [0.25, 0.3) is 11.8 Å². The molecule has 0 spiro atoms. The molecule has 1 aromatic rings. The lowest BCUT2D eigenvalue weighted by Gasteiger charge is -2.11. The first-order valence-electron chi connectivity index (χ1n) is 9.18. The van der Waals surface area contributed by atoms with Crippen LogP contribution in [-0.2, 0) is 12.8 Å². The second kappa shape index (κ2) is 8.85. The van der Waals surface area contributed by atoms with Crippen LogP contribution in [0.3, 0.4) is 0 Å². The third kappa shape index (κ3) is 4.66. The topological polar surface area (TPSA) is 46.2 Å². The van der Waals surface area contributed by atoms with E-state index in [1.165, 1.54) is 49.7 Å². The summed E-state index contributed by atoms with van der Waals surface area (Å²) in [5.41, 5.74) is 3.66. The highest BCUT2D eigenvalue weighted by Gasteiger charge is 2.27. The zero-order valence-corrected chi connectivity index (χ0v) is 14.5. The lowest BCUT2D eigenvalue weighted by Crippen LogP contribution is -2.19. The molecule has 0 fully saturated rings. The van der Waals surface area contributed by atoms with E-state index in [0.29, 0.717) is 11.1 Å². The van der Waals surface area contributed by atoms with Gasteiger partial charge in [0.2, 0.25) is 0 Å². The van der Waals surface area contributed by atoms with Crippen LogP contribution in [0.4, 0.5) is 0 Å². The van der Waals surface area contributed by atoms with Crippen molar-refractivity contribution in [1.29, 1.82) is 0 Å². The van der Waals surface area contributed by atoms with Gasteiger partial charge < -0.3 is 0 Å². The van der Waals surface area contributed by atoms with E-state index in [2.05, 4.69) is 19.2 Å². The Morgan fingerprint density at radius 1 is 0.696 bits per heavy atom. The SMILES string of the molecule is CCCCCCc1cc2c(cc1CCCCCC)C(=O)NC2=O. The summed E-state index contributed by atoms with van der Waals surface area (Å²) in [7, 11) is 0. The van der Waals surface area contributed by atoms with Crippen molar-refractivity contribution in [2.45, 2.75) is 78.1 Å². The lowest BCUT2D eigenvalue weighted by molar-refractivity contribution is 0.0879. The average Bonchev–Trinajstić information content (AvgIpc) is 2.82. The van der Waals surface area contributed by atoms with Gasteiger partial charge in [-0.3, -0.25) is 14.9 Å². The molecule has 3 nitrogen and oxygen atoms in total. The number of hydrogen-bond donors (Lipinski definition) is 1. The summed E-state index contributed by atoms with van der Waals surface area (Å²) in [4.78, 5) is 23.8. The van der Waals surface area contributed by atoms with Gasteiger partial charge in [-0.15, -0.1) is 0 Å². The molecule has 1 heterocycles. The zero-order chi connectivity index (χ0) is 16.7. The molecule has 0 radical (unpaired) electrons. The maximum atomic E-state index is 11.9. The van der Waals surface area contributed by atoms with Crippen molar-refractivity contribution in [3.8, 4) is 0 Å². The molecule has 0 aromatic heterocycles. The largest absolute Gasteiger partial charge is 0.288 e. The molecule has 2 rings (SSSR count). The molecular weight excluding hydrogens is 286 g/mol. The number of carbonyl (C=O) groups excluding carboxylic acids is 2. The van der Waals surface area contributed by atoms with E-state index >= 15 is 0 Å². The van der Waals surface area contributed by atoms with Gasteiger partial charge >= 0.3 is 0 Å². The number of nitrogens with one attached hydrogen (secondary N) is 1. The smallest absolute Gasteiger partial charge is 0.258 e. The van der Waals surface area contributed by atoms with Gasteiger partial charge in [0.15, 0.2) is 0 Å². The molecule has 0 unspecified atom stereocenters. The van der Waals surface area contributed by atoms with E-state index in [-0.39, 0.29) is 11.8 Å². The van der Waals surface area contributed by atoms with Crippen LogP contribution >= 0.6 is 0 Å². The normalized spacial score (nSPS) is 13.3. The van der Waals surface area contributed by atoms with E-state index in [4.69, 9.17) is 0 Å². The van der Waals surface area contributed by atoms with Crippen molar-refractivity contribution in [3.05, 3.63) is 34.4 Å². The Labute approximate surface area is 139 Å². The minimum Gasteiger partial charge on any atom is -0.288 e. The molecule has 1 aliphatic heterocycles. The molecule has 1 aliphatic rings. The second-order valence-corrected chi connectivity index (χ2v) is 6.57. The van der Waals surface area contributed by atoms with E-state index in [1.54, 1.807) is 0 Å². The van der Waals surface area contributed by atoms with Crippen molar-refractivity contribution < 1.29 is 9.59 Å². The van der Waals surface area contributed by atoms with Crippen LogP contribution in [0, 0.1) is 0 Å². The van der Waals surface area contributed by atoms with Crippen LogP contribution in [-0.4, -0.2) is 11.8 Å². The fourth-order valence-corrected chi connectivity index (χ4v) is 3.25. The maximum absolute atomic E-state index is 11.9. The molecule has 1 N–H and O–H groups in total. The van der Waals surface area contributed by atoms with Gasteiger partial charge in [-0.05, 0) is 48.9 Å². The molecule has 0 atom stereocenters. The van der Waals surface area contributed by atoms with Gasteiger partial charge in [0.05, 0.1) is 11.1 Å². The molecule has 3 heteroatoms. The average molecular weight is 315 g/mol. The fourth-order valence-electron chi connectivity index (χ4n) is 3.25. The van der Waals surface area contributed by atoms with E-state index in [0.717, 1.165) is 25.7 Å². The maximum Gasteiger partial charge on any atom is 0.258 e. The Balaban J connectivity index is 2.13. The third-order valence-electron chi connectivity index (χ3n) is 4.66. The Morgan fingerprint density at radius 2 is 1.13 bits per heavy atom. The van der Waals surface area contributed by atoms with Gasteiger partial charge in [-0.1, -0.05) is 52.4 Å². The lowest BCUT2D eigenvalue weighted by atomic mass is 9.92. The molecule has 0 saturated carbocycles. The van der Waals surface area contributed by atoms with Crippen molar-refractivity contribution >= 4 is 11.8 Å². The standard InChI is InChI=1S/C20H29NO2/c1-3-5-7-9-11-15-13-17-18(20(23)21-19(17)22)14-16(15)12-10-8-6-4-2/h13-14H,3-12H2,1-2H3,(H,21,22,23). The number of benzene rings is 1. The highest BCUT2D eigenvalue weighted by Crippen LogP contribution is 2.24. The van der Waals surface area contributed by atoms with E-state index < -0.39 is 0 Å². The predicted molar refractivity (Wildman–Crippen MR) is 93.9 cm³/mol. The molecule has 2 amide bonds. The predicted octanol–water partition coefficient (Wildman–Crippen LogP) is 4.82. The van der Waals surface area contributed by atoms with Crippen molar-refractivity contribution in [1.82, 2.24) is 5.32 Å². The molecule has 23 heavy (non-hydrogen) atoms. The Kier molecular flexibility index (Phi) is 6.82. The molecule has 0 bridgehead atoms. The van der Waals surface area contributed by atoms with Crippen molar-refractivity contribution in [3.63, 3.8) is 0 Å². The van der Waals surface area contributed by atoms with E-state index in [1.807, 2.05) is 12.1 Å². The first-order valence-corrected chi connectivity index (χ1v) is 9.18. The Bertz CT molecular complexity index is 514. The Hall–Kier alpha value is -1.64. The summed E-state index contributed by atoms with van der Waals surface area (Å²) in [5, 5.41) is 2.41. The van der Waals surface area contributed by atoms with Crippen molar-refractivity contribution in [2.24, 2.45) is 0 Å². The number of aryl methyl sites for hydroxylation is 2. The molecule has 0 aliphatic carbocycles. The van der Waals surface area contributed by atoms with Crippen LogP contribution < -0.4 is 5.32 Å². The molecule has 1 aromatic carbocycles. The van der Waals surface area contributed by atoms with Gasteiger partial charge in [0, 0.05) is 0 Å². The number of hydrogen-bond acceptors (Lipinski definition) is 2. The highest BCUT2D eigenvalue weighted by atomic mass is 16.2. The van der Waals surface area contributed by atoms with Crippen LogP contribution in [0.5, 0.6) is 0 Å². The molecule has 0 saturated heterocycles. The minimum atomic E-state index is -0.239. The van der Waals surface area contributed by atoms with E-state index in [9.17, 15) is 9.59 Å². The number of unbranched alkanes of at least 4 members (excludes halogenated alkanes) is 6. The summed E-state index contributed by atoms with van der Waals surface area (Å²) in [6.45, 7) is 4.43. The summed E-state index contributed by atoms with van der Waals surface area (Å²) in [6, 6.07) is 3.94. The minimum absolute atomic E-state index is 0.239. The Morgan fingerprint density at radius 3 is 1.52 bits per heavy atom. The molecular formula is C20H29NO2. The third-order valence-corrected chi connectivity index (χ3v) is 4.66. The number of imide groups is 1.